The molecule has 20 heavy (non-hydrogen) atoms. The maximum absolute atomic E-state index is 12.7. The van der Waals surface area contributed by atoms with Crippen LogP contribution < -0.4 is 5.73 Å². The molecule has 1 aromatic heterocycles. The monoisotopic (exact) mass is 365 g/mol. The first kappa shape index (κ1) is 17.4. The van der Waals surface area contributed by atoms with Crippen LogP contribution in [0.25, 0.3) is 0 Å². The third-order valence-corrected chi connectivity index (χ3v) is 5.51. The Kier molecular flexibility index (Phi) is 6.38. The summed E-state index contributed by atoms with van der Waals surface area (Å²) in [6.07, 6.45) is 2.17. The van der Waals surface area contributed by atoms with Gasteiger partial charge in [-0.15, -0.1) is 0 Å². The summed E-state index contributed by atoms with van der Waals surface area (Å²) >= 11 is 3.22. The minimum Gasteiger partial charge on any atom is -0.383 e. The van der Waals surface area contributed by atoms with Gasteiger partial charge >= 0.3 is 0 Å². The predicted octanol–water partition coefficient (Wildman–Crippen LogP) is 1.86. The molecular formula is C12H20BrN3O3S. The largest absolute Gasteiger partial charge is 0.383 e. The van der Waals surface area contributed by atoms with Crippen molar-refractivity contribution in [3.8, 4) is 0 Å². The van der Waals surface area contributed by atoms with Crippen molar-refractivity contribution in [1.29, 1.82) is 0 Å². The van der Waals surface area contributed by atoms with Crippen molar-refractivity contribution in [2.45, 2.75) is 31.2 Å². The molecular weight excluding hydrogens is 346 g/mol. The van der Waals surface area contributed by atoms with Crippen molar-refractivity contribution in [3.05, 3.63) is 16.7 Å². The van der Waals surface area contributed by atoms with E-state index in [1.54, 1.807) is 0 Å². The number of aromatic nitrogens is 1. The molecule has 2 N–H and O–H groups in total. The fraction of sp³-hybridized carbons (Fsp3) is 0.583. The number of hydrogen-bond acceptors (Lipinski definition) is 5. The standard InChI is InChI=1S/C12H20BrN3O3S/c1-4-9(2)16(5-6-19-3)20(17,18)11-7-10(13)8-15-12(11)14/h7-9H,4-6H2,1-3H3,(H2,14,15). The summed E-state index contributed by atoms with van der Waals surface area (Å²) < 4.78 is 32.4. The number of halogens is 1. The van der Waals surface area contributed by atoms with E-state index in [1.807, 2.05) is 13.8 Å². The lowest BCUT2D eigenvalue weighted by Gasteiger charge is -2.27. The number of hydrogen-bond donors (Lipinski definition) is 1. The molecule has 1 rings (SSSR count). The summed E-state index contributed by atoms with van der Waals surface area (Å²) in [6, 6.07) is 1.33. The minimum atomic E-state index is -3.70. The third-order valence-electron chi connectivity index (χ3n) is 3.03. The molecule has 0 aliphatic heterocycles. The summed E-state index contributed by atoms with van der Waals surface area (Å²) in [6.45, 7) is 4.39. The number of rotatable bonds is 7. The average Bonchev–Trinajstić information content (AvgIpc) is 2.41. The highest BCUT2D eigenvalue weighted by Gasteiger charge is 2.30. The number of sulfonamides is 1. The van der Waals surface area contributed by atoms with E-state index in [-0.39, 0.29) is 23.3 Å². The predicted molar refractivity (Wildman–Crippen MR) is 81.9 cm³/mol. The highest BCUT2D eigenvalue weighted by molar-refractivity contribution is 9.10. The molecule has 1 aromatic rings. The molecule has 0 radical (unpaired) electrons. The Bertz CT molecular complexity index is 551. The summed E-state index contributed by atoms with van der Waals surface area (Å²) in [7, 11) is -2.16. The van der Waals surface area contributed by atoms with Crippen molar-refractivity contribution in [2.75, 3.05) is 26.0 Å². The molecule has 114 valence electrons. The van der Waals surface area contributed by atoms with E-state index >= 15 is 0 Å². The quantitative estimate of drug-likeness (QED) is 0.796. The average molecular weight is 366 g/mol. The molecule has 0 fully saturated rings. The molecule has 0 saturated heterocycles. The fourth-order valence-electron chi connectivity index (χ4n) is 1.73. The van der Waals surface area contributed by atoms with Gasteiger partial charge in [-0.25, -0.2) is 13.4 Å². The van der Waals surface area contributed by atoms with Crippen molar-refractivity contribution in [2.24, 2.45) is 0 Å². The Morgan fingerprint density at radius 3 is 2.75 bits per heavy atom. The van der Waals surface area contributed by atoms with Crippen LogP contribution in [0.15, 0.2) is 21.6 Å². The van der Waals surface area contributed by atoms with E-state index in [2.05, 4.69) is 20.9 Å². The van der Waals surface area contributed by atoms with Gasteiger partial charge in [0, 0.05) is 30.4 Å². The SMILES string of the molecule is CCC(C)N(CCOC)S(=O)(=O)c1cc(Br)cnc1N. The first-order valence-electron chi connectivity index (χ1n) is 6.26. The van der Waals surface area contributed by atoms with Crippen LogP contribution in [0.5, 0.6) is 0 Å². The number of ether oxygens (including phenoxy) is 1. The van der Waals surface area contributed by atoms with E-state index in [0.29, 0.717) is 17.5 Å². The van der Waals surface area contributed by atoms with Crippen LogP contribution in [0, 0.1) is 0 Å². The van der Waals surface area contributed by atoms with Gasteiger partial charge in [-0.3, -0.25) is 0 Å². The van der Waals surface area contributed by atoms with Gasteiger partial charge in [0.15, 0.2) is 0 Å². The lowest BCUT2D eigenvalue weighted by molar-refractivity contribution is 0.167. The van der Waals surface area contributed by atoms with Gasteiger partial charge in [-0.2, -0.15) is 4.31 Å². The zero-order chi connectivity index (χ0) is 15.3. The second-order valence-corrected chi connectivity index (χ2v) is 7.18. The Morgan fingerprint density at radius 1 is 1.55 bits per heavy atom. The normalized spacial score (nSPS) is 13.7. The zero-order valence-electron chi connectivity index (χ0n) is 11.8. The van der Waals surface area contributed by atoms with Gasteiger partial charge in [-0.1, -0.05) is 6.92 Å². The number of pyridine rings is 1. The first-order valence-corrected chi connectivity index (χ1v) is 8.49. The van der Waals surface area contributed by atoms with Gasteiger partial charge in [-0.05, 0) is 35.3 Å². The second kappa shape index (κ2) is 7.35. The van der Waals surface area contributed by atoms with Crippen LogP contribution in [0.1, 0.15) is 20.3 Å². The summed E-state index contributed by atoms with van der Waals surface area (Å²) in [5, 5.41) is 0. The Hall–Kier alpha value is -0.700. The summed E-state index contributed by atoms with van der Waals surface area (Å²) in [5.74, 6) is -0.00100. The maximum Gasteiger partial charge on any atom is 0.247 e. The molecule has 1 heterocycles. The van der Waals surface area contributed by atoms with Crippen molar-refractivity contribution in [3.63, 3.8) is 0 Å². The van der Waals surface area contributed by atoms with Gasteiger partial charge in [0.1, 0.15) is 10.7 Å². The topological polar surface area (TPSA) is 85.5 Å². The number of nitrogens with two attached hydrogens (primary N) is 1. The minimum absolute atomic E-state index is 0.00100. The maximum atomic E-state index is 12.7. The van der Waals surface area contributed by atoms with Gasteiger partial charge in [0.2, 0.25) is 10.0 Å². The number of anilines is 1. The Balaban J connectivity index is 3.24. The van der Waals surface area contributed by atoms with Gasteiger partial charge in [0.25, 0.3) is 0 Å². The van der Waals surface area contributed by atoms with E-state index in [4.69, 9.17) is 10.5 Å². The molecule has 0 aliphatic carbocycles. The fourth-order valence-corrected chi connectivity index (χ4v) is 3.99. The second-order valence-electron chi connectivity index (χ2n) is 4.40. The van der Waals surface area contributed by atoms with Crippen LogP contribution in [-0.2, 0) is 14.8 Å². The Labute approximate surface area is 128 Å². The van der Waals surface area contributed by atoms with Crippen molar-refractivity contribution < 1.29 is 13.2 Å². The molecule has 0 aromatic carbocycles. The van der Waals surface area contributed by atoms with E-state index in [9.17, 15) is 8.42 Å². The molecule has 0 saturated carbocycles. The molecule has 1 unspecified atom stereocenters. The molecule has 0 bridgehead atoms. The van der Waals surface area contributed by atoms with Crippen LogP contribution in [0.2, 0.25) is 0 Å². The number of nitrogens with zero attached hydrogens (tertiary/aromatic N) is 2. The van der Waals surface area contributed by atoms with E-state index in [1.165, 1.54) is 23.7 Å². The van der Waals surface area contributed by atoms with Crippen molar-refractivity contribution in [1.82, 2.24) is 9.29 Å². The van der Waals surface area contributed by atoms with E-state index in [0.717, 1.165) is 0 Å². The van der Waals surface area contributed by atoms with Crippen LogP contribution in [-0.4, -0.2) is 44.0 Å². The molecule has 6 nitrogen and oxygen atoms in total. The van der Waals surface area contributed by atoms with Crippen molar-refractivity contribution >= 4 is 31.8 Å². The lowest BCUT2D eigenvalue weighted by Crippen LogP contribution is -2.40. The summed E-state index contributed by atoms with van der Waals surface area (Å²) in [4.78, 5) is 3.90. The zero-order valence-corrected chi connectivity index (χ0v) is 14.2. The van der Waals surface area contributed by atoms with Gasteiger partial charge in [0.05, 0.1) is 6.61 Å². The number of nitrogen functional groups attached to an aromatic ring is 1. The van der Waals surface area contributed by atoms with Crippen LogP contribution >= 0.6 is 15.9 Å². The highest BCUT2D eigenvalue weighted by Crippen LogP contribution is 2.25. The smallest absolute Gasteiger partial charge is 0.247 e. The Morgan fingerprint density at radius 2 is 2.20 bits per heavy atom. The molecule has 0 amide bonds. The number of methoxy groups -OCH3 is 1. The van der Waals surface area contributed by atoms with Crippen LogP contribution in [0.3, 0.4) is 0 Å². The third kappa shape index (κ3) is 3.91. The molecule has 0 aliphatic rings. The van der Waals surface area contributed by atoms with Crippen LogP contribution in [0.4, 0.5) is 5.82 Å². The first-order chi connectivity index (χ1) is 9.34. The van der Waals surface area contributed by atoms with E-state index < -0.39 is 10.0 Å². The highest BCUT2D eigenvalue weighted by atomic mass is 79.9. The molecule has 0 spiro atoms. The molecule has 8 heteroatoms. The lowest BCUT2D eigenvalue weighted by atomic mass is 10.3. The molecule has 1 atom stereocenters. The summed E-state index contributed by atoms with van der Waals surface area (Å²) in [5.41, 5.74) is 5.71. The van der Waals surface area contributed by atoms with Gasteiger partial charge < -0.3 is 10.5 Å².